The van der Waals surface area contributed by atoms with E-state index >= 15 is 0 Å². The summed E-state index contributed by atoms with van der Waals surface area (Å²) in [5.41, 5.74) is 1.39. The molecule has 1 aromatic carbocycles. The van der Waals surface area contributed by atoms with Crippen molar-refractivity contribution in [3.63, 3.8) is 0 Å². The molecule has 0 atom stereocenters. The first-order valence-corrected chi connectivity index (χ1v) is 6.01. The first kappa shape index (κ1) is 14.5. The maximum Gasteiger partial charge on any atom is 0.335 e. The molecule has 0 aliphatic rings. The van der Waals surface area contributed by atoms with Crippen LogP contribution in [0.25, 0.3) is 0 Å². The Kier molecular flexibility index (Phi) is 3.88. The third-order valence-electron chi connectivity index (χ3n) is 2.83. The van der Waals surface area contributed by atoms with E-state index < -0.39 is 17.8 Å². The Morgan fingerprint density at radius 3 is 2.57 bits per heavy atom. The van der Waals surface area contributed by atoms with Crippen LogP contribution in [-0.4, -0.2) is 27.3 Å². The number of nitrogens with zero attached hydrogens (tertiary/aromatic N) is 1. The third kappa shape index (κ3) is 3.16. The number of nitrogens with one attached hydrogen (secondary N) is 3. The predicted molar refractivity (Wildman–Crippen MR) is 74.1 cm³/mol. The highest BCUT2D eigenvalue weighted by atomic mass is 19.1. The van der Waals surface area contributed by atoms with Gasteiger partial charge in [-0.2, -0.15) is 5.10 Å². The molecule has 4 N–H and O–H groups in total. The van der Waals surface area contributed by atoms with E-state index in [1.165, 1.54) is 0 Å². The molecule has 2 rings (SSSR count). The van der Waals surface area contributed by atoms with Crippen molar-refractivity contribution in [2.45, 2.75) is 13.8 Å². The minimum Gasteiger partial charge on any atom is -0.478 e. The number of halogens is 1. The van der Waals surface area contributed by atoms with Crippen molar-refractivity contribution in [3.8, 4) is 0 Å². The molecular weight excluding hydrogens is 279 g/mol. The Labute approximate surface area is 119 Å². The van der Waals surface area contributed by atoms with E-state index in [-0.39, 0.29) is 11.3 Å². The first-order valence-electron chi connectivity index (χ1n) is 6.01. The molecule has 0 saturated carbocycles. The molecule has 7 nitrogen and oxygen atoms in total. The highest BCUT2D eigenvalue weighted by Gasteiger charge is 2.13. The molecule has 0 aliphatic heterocycles. The third-order valence-corrected chi connectivity index (χ3v) is 2.83. The number of benzene rings is 1. The second kappa shape index (κ2) is 5.61. The molecule has 0 spiro atoms. The van der Waals surface area contributed by atoms with Gasteiger partial charge in [-0.25, -0.2) is 14.0 Å². The number of hydrogen-bond acceptors (Lipinski definition) is 3. The van der Waals surface area contributed by atoms with Crippen LogP contribution in [0.5, 0.6) is 0 Å². The molecule has 2 aromatic rings. The van der Waals surface area contributed by atoms with Gasteiger partial charge in [-0.15, -0.1) is 0 Å². The summed E-state index contributed by atoms with van der Waals surface area (Å²) in [7, 11) is 0. The maximum atomic E-state index is 13.6. The Hall–Kier alpha value is -2.90. The predicted octanol–water partition coefficient (Wildman–Crippen LogP) is 2.51. The molecule has 110 valence electrons. The van der Waals surface area contributed by atoms with E-state index in [1.54, 1.807) is 13.8 Å². The van der Waals surface area contributed by atoms with E-state index in [9.17, 15) is 14.0 Å². The Balaban J connectivity index is 2.16. The molecule has 1 heterocycles. The molecule has 0 bridgehead atoms. The summed E-state index contributed by atoms with van der Waals surface area (Å²) in [5.74, 6) is -1.93. The lowest BCUT2D eigenvalue weighted by molar-refractivity contribution is 0.0697. The zero-order chi connectivity index (χ0) is 15.6. The van der Waals surface area contributed by atoms with Gasteiger partial charge in [-0.05, 0) is 32.0 Å². The lowest BCUT2D eigenvalue weighted by Gasteiger charge is -2.09. The second-order valence-electron chi connectivity index (χ2n) is 4.39. The number of carboxylic acids is 1. The number of rotatable bonds is 3. The number of carbonyl (C=O) groups is 2. The molecule has 1 aromatic heterocycles. The SMILES string of the molecule is Cc1n[nH]c(C)c1NC(=O)Nc1cc(C(=O)O)ccc1F. The van der Waals surface area contributed by atoms with Crippen LogP contribution in [0.3, 0.4) is 0 Å². The number of hydrogen-bond donors (Lipinski definition) is 4. The molecular formula is C13H13FN4O3. The van der Waals surface area contributed by atoms with Crippen LogP contribution in [0.15, 0.2) is 18.2 Å². The number of aromatic amines is 1. The fraction of sp³-hybridized carbons (Fsp3) is 0.154. The van der Waals surface area contributed by atoms with E-state index in [4.69, 9.17) is 5.11 Å². The average molecular weight is 292 g/mol. The van der Waals surface area contributed by atoms with Crippen molar-refractivity contribution in [3.05, 3.63) is 41.0 Å². The van der Waals surface area contributed by atoms with Gasteiger partial charge in [-0.1, -0.05) is 0 Å². The summed E-state index contributed by atoms with van der Waals surface area (Å²) in [4.78, 5) is 22.7. The summed E-state index contributed by atoms with van der Waals surface area (Å²) in [5, 5.41) is 20.3. The number of carboxylic acid groups (broad SMARTS) is 1. The zero-order valence-corrected chi connectivity index (χ0v) is 11.3. The maximum absolute atomic E-state index is 13.6. The lowest BCUT2D eigenvalue weighted by atomic mass is 10.2. The summed E-state index contributed by atoms with van der Waals surface area (Å²) in [6, 6.07) is 2.45. The van der Waals surface area contributed by atoms with Crippen molar-refractivity contribution >= 4 is 23.4 Å². The monoisotopic (exact) mass is 292 g/mol. The number of urea groups is 1. The van der Waals surface area contributed by atoms with Gasteiger partial charge in [0, 0.05) is 0 Å². The van der Waals surface area contributed by atoms with E-state index in [2.05, 4.69) is 20.8 Å². The largest absolute Gasteiger partial charge is 0.478 e. The zero-order valence-electron chi connectivity index (χ0n) is 11.3. The second-order valence-corrected chi connectivity index (χ2v) is 4.39. The van der Waals surface area contributed by atoms with E-state index in [0.29, 0.717) is 17.1 Å². The number of carbonyl (C=O) groups excluding carboxylic acids is 1. The average Bonchev–Trinajstić information content (AvgIpc) is 2.73. The highest BCUT2D eigenvalue weighted by molar-refractivity contribution is 6.01. The van der Waals surface area contributed by atoms with Crippen LogP contribution in [0, 0.1) is 19.7 Å². The number of anilines is 2. The standard InChI is InChI=1S/C13H13FN4O3/c1-6-11(7(2)18-17-6)16-13(21)15-10-5-8(12(19)20)3-4-9(10)14/h3-5H,1-2H3,(H,17,18)(H,19,20)(H2,15,16,21). The quantitative estimate of drug-likeness (QED) is 0.697. The van der Waals surface area contributed by atoms with Crippen molar-refractivity contribution in [1.29, 1.82) is 0 Å². The van der Waals surface area contributed by atoms with Gasteiger partial charge >= 0.3 is 12.0 Å². The molecule has 0 aliphatic carbocycles. The van der Waals surface area contributed by atoms with Crippen molar-refractivity contribution in [2.75, 3.05) is 10.6 Å². The summed E-state index contributed by atoms with van der Waals surface area (Å²) in [6.45, 7) is 3.42. The molecule has 0 fully saturated rings. The van der Waals surface area contributed by atoms with E-state index in [1.807, 2.05) is 0 Å². The number of aromatic carboxylic acids is 1. The van der Waals surface area contributed by atoms with Gasteiger partial charge in [-0.3, -0.25) is 5.10 Å². The number of amides is 2. The Bertz CT molecular complexity index is 692. The van der Waals surface area contributed by atoms with Gasteiger partial charge in [0.15, 0.2) is 0 Å². The summed E-state index contributed by atoms with van der Waals surface area (Å²) in [6.07, 6.45) is 0. The summed E-state index contributed by atoms with van der Waals surface area (Å²) < 4.78 is 13.6. The van der Waals surface area contributed by atoms with Crippen LogP contribution in [0.1, 0.15) is 21.7 Å². The number of H-pyrrole nitrogens is 1. The van der Waals surface area contributed by atoms with Crippen LogP contribution in [-0.2, 0) is 0 Å². The molecule has 8 heteroatoms. The minimum absolute atomic E-state index is 0.123. The summed E-state index contributed by atoms with van der Waals surface area (Å²) >= 11 is 0. The normalized spacial score (nSPS) is 10.2. The highest BCUT2D eigenvalue weighted by Crippen LogP contribution is 2.19. The molecule has 2 amide bonds. The molecule has 21 heavy (non-hydrogen) atoms. The van der Waals surface area contributed by atoms with Crippen LogP contribution in [0.2, 0.25) is 0 Å². The minimum atomic E-state index is -1.21. The molecule has 0 unspecified atom stereocenters. The Morgan fingerprint density at radius 2 is 2.00 bits per heavy atom. The molecule has 0 radical (unpaired) electrons. The number of aromatic nitrogens is 2. The van der Waals surface area contributed by atoms with Gasteiger partial charge in [0.1, 0.15) is 5.82 Å². The van der Waals surface area contributed by atoms with Crippen molar-refractivity contribution in [1.82, 2.24) is 10.2 Å². The smallest absolute Gasteiger partial charge is 0.335 e. The van der Waals surface area contributed by atoms with E-state index in [0.717, 1.165) is 18.2 Å². The van der Waals surface area contributed by atoms with Gasteiger partial charge in [0.05, 0.1) is 28.3 Å². The van der Waals surface area contributed by atoms with Gasteiger partial charge in [0.25, 0.3) is 0 Å². The lowest BCUT2D eigenvalue weighted by Crippen LogP contribution is -2.21. The topological polar surface area (TPSA) is 107 Å². The number of aryl methyl sites for hydroxylation is 2. The van der Waals surface area contributed by atoms with Crippen LogP contribution >= 0.6 is 0 Å². The van der Waals surface area contributed by atoms with Crippen molar-refractivity contribution in [2.24, 2.45) is 0 Å². The van der Waals surface area contributed by atoms with Crippen LogP contribution < -0.4 is 10.6 Å². The molecule has 0 saturated heterocycles. The first-order chi connectivity index (χ1) is 9.88. The van der Waals surface area contributed by atoms with Crippen molar-refractivity contribution < 1.29 is 19.1 Å². The van der Waals surface area contributed by atoms with Gasteiger partial charge < -0.3 is 15.7 Å². The fourth-order valence-electron chi connectivity index (χ4n) is 1.76. The fourth-order valence-corrected chi connectivity index (χ4v) is 1.76. The van der Waals surface area contributed by atoms with Crippen LogP contribution in [0.4, 0.5) is 20.6 Å². The Morgan fingerprint density at radius 1 is 1.29 bits per heavy atom. The van der Waals surface area contributed by atoms with Gasteiger partial charge in [0.2, 0.25) is 0 Å².